The Morgan fingerprint density at radius 1 is 0.365 bits per heavy atom. The molecule has 2 atom stereocenters. The number of hydrogen-bond donors (Lipinski definition) is 0. The minimum Gasteiger partial charge on any atom is -0.756 e. The second-order valence-corrected chi connectivity index (χ2v) is 28.1. The molecule has 0 aromatic rings. The number of likely N-dealkylation sites (N-methyl/N-ethyl adjacent to an activating group) is 1. The molecule has 0 saturated heterocycles. The zero-order chi connectivity index (χ0) is 61.9. The quantitative estimate of drug-likeness (QED) is 0.0195. The van der Waals surface area contributed by atoms with Crippen molar-refractivity contribution in [1.29, 1.82) is 0 Å². The van der Waals surface area contributed by atoms with Crippen LogP contribution in [0.3, 0.4) is 0 Å². The minimum atomic E-state index is -4.64. The summed E-state index contributed by atoms with van der Waals surface area (Å²) >= 11 is 0. The molecule has 0 amide bonds. The van der Waals surface area contributed by atoms with E-state index < -0.39 is 26.5 Å². The van der Waals surface area contributed by atoms with Crippen molar-refractivity contribution in [3.05, 3.63) is 36.5 Å². The molecular weight excluding hydrogens is 1070 g/mol. The average Bonchev–Trinajstić information content (AvgIpc) is 3.50. The Morgan fingerprint density at radius 3 is 0.941 bits per heavy atom. The molecular formula is C75H144NO8P. The standard InChI is InChI=1S/C75H144NO8P/c1-6-8-10-12-14-16-18-20-22-24-26-28-30-32-34-36-37-38-40-41-43-45-47-49-51-53-55-57-59-61-63-65-67-74(77)81-71-73(72-83-85(79,80)82-70-69-76(3,4)5)84-75(78)68-66-64-62-60-58-56-54-52-50-48-46-44-42-39-35-33-31-29-27-25-23-21-19-17-15-13-11-9-7-2/h19,21,25,27,31,33,73H,6-18,20,22-24,26,28-30,32,34-72H2,1-5H3/b21-19-,27-25-,33-31-. The third-order valence-electron chi connectivity index (χ3n) is 16.9. The van der Waals surface area contributed by atoms with Crippen molar-refractivity contribution in [2.75, 3.05) is 47.5 Å². The summed E-state index contributed by atoms with van der Waals surface area (Å²) in [5, 5.41) is 0. The second kappa shape index (κ2) is 66.6. The van der Waals surface area contributed by atoms with Gasteiger partial charge in [0.05, 0.1) is 27.7 Å². The molecule has 0 rings (SSSR count). The number of allylic oxidation sites excluding steroid dienone is 6. The van der Waals surface area contributed by atoms with E-state index in [4.69, 9.17) is 18.5 Å². The lowest BCUT2D eigenvalue weighted by Gasteiger charge is -2.28. The molecule has 0 aliphatic rings. The number of carbonyl (C=O) groups is 2. The van der Waals surface area contributed by atoms with E-state index in [-0.39, 0.29) is 32.0 Å². The van der Waals surface area contributed by atoms with Gasteiger partial charge in [0.15, 0.2) is 6.10 Å². The third-order valence-corrected chi connectivity index (χ3v) is 17.9. The highest BCUT2D eigenvalue weighted by Gasteiger charge is 2.22. The van der Waals surface area contributed by atoms with Crippen LogP contribution in [0.25, 0.3) is 0 Å². The fraction of sp³-hybridized carbons (Fsp3) is 0.893. The Kier molecular flexibility index (Phi) is 65.3. The van der Waals surface area contributed by atoms with Crippen LogP contribution in [0.4, 0.5) is 0 Å². The summed E-state index contributed by atoms with van der Waals surface area (Å²) < 4.78 is 34.4. The SMILES string of the molecule is CCCCCCC/C=C\C/C=C\C/C=C\CCCCCCCCCCCCCCCCC(=O)OC(COC(=O)CCCCCCCCCCCCCCCCCCCCCCCCCCCCCCCCCC)COP(=O)([O-])OCC[N+](C)(C)C. The maximum absolute atomic E-state index is 12.9. The number of quaternary nitrogens is 1. The van der Waals surface area contributed by atoms with Gasteiger partial charge < -0.3 is 27.9 Å². The average molecular weight is 1220 g/mol. The summed E-state index contributed by atoms with van der Waals surface area (Å²) in [5.74, 6) is -0.812. The molecule has 9 nitrogen and oxygen atoms in total. The lowest BCUT2D eigenvalue weighted by molar-refractivity contribution is -0.870. The van der Waals surface area contributed by atoms with Crippen molar-refractivity contribution in [2.45, 2.75) is 386 Å². The maximum atomic E-state index is 12.9. The van der Waals surface area contributed by atoms with E-state index >= 15 is 0 Å². The van der Waals surface area contributed by atoms with Crippen molar-refractivity contribution in [2.24, 2.45) is 0 Å². The minimum absolute atomic E-state index is 0.0285. The van der Waals surface area contributed by atoms with Crippen LogP contribution in [0.5, 0.6) is 0 Å². The van der Waals surface area contributed by atoms with Gasteiger partial charge in [0.2, 0.25) is 0 Å². The number of rotatable bonds is 70. The number of esters is 2. The van der Waals surface area contributed by atoms with Crippen molar-refractivity contribution in [3.8, 4) is 0 Å². The summed E-state index contributed by atoms with van der Waals surface area (Å²) in [6.45, 7) is 4.30. The Bertz CT molecular complexity index is 1530. The third kappa shape index (κ3) is 71.2. The van der Waals surface area contributed by atoms with Gasteiger partial charge in [-0.25, -0.2) is 0 Å². The van der Waals surface area contributed by atoms with Crippen LogP contribution < -0.4 is 4.89 Å². The zero-order valence-corrected chi connectivity index (χ0v) is 58.2. The van der Waals surface area contributed by atoms with Crippen LogP contribution in [0.15, 0.2) is 36.5 Å². The molecule has 0 radical (unpaired) electrons. The molecule has 85 heavy (non-hydrogen) atoms. The number of phosphoric acid groups is 1. The predicted molar refractivity (Wildman–Crippen MR) is 365 cm³/mol. The number of nitrogens with zero attached hydrogens (tertiary/aromatic N) is 1. The van der Waals surface area contributed by atoms with Crippen LogP contribution in [-0.4, -0.2) is 70.0 Å². The lowest BCUT2D eigenvalue weighted by Crippen LogP contribution is -2.37. The largest absolute Gasteiger partial charge is 0.756 e. The van der Waals surface area contributed by atoms with E-state index in [1.54, 1.807) is 0 Å². The topological polar surface area (TPSA) is 111 Å². The first-order valence-corrected chi connectivity index (χ1v) is 38.7. The van der Waals surface area contributed by atoms with Gasteiger partial charge in [-0.05, 0) is 51.4 Å². The Morgan fingerprint density at radius 2 is 0.635 bits per heavy atom. The fourth-order valence-corrected chi connectivity index (χ4v) is 11.9. The summed E-state index contributed by atoms with van der Waals surface area (Å²) in [6, 6.07) is 0. The molecule has 0 aromatic carbocycles. The van der Waals surface area contributed by atoms with Gasteiger partial charge in [-0.2, -0.15) is 0 Å². The highest BCUT2D eigenvalue weighted by Crippen LogP contribution is 2.38. The first-order chi connectivity index (χ1) is 41.5. The molecule has 502 valence electrons. The van der Waals surface area contributed by atoms with E-state index in [2.05, 4.69) is 50.3 Å². The van der Waals surface area contributed by atoms with E-state index in [0.29, 0.717) is 17.4 Å². The molecule has 0 bridgehead atoms. The first-order valence-electron chi connectivity index (χ1n) is 37.2. The zero-order valence-electron chi connectivity index (χ0n) is 57.3. The molecule has 0 aromatic heterocycles. The van der Waals surface area contributed by atoms with Gasteiger partial charge in [0.1, 0.15) is 19.8 Å². The molecule has 0 saturated carbocycles. The van der Waals surface area contributed by atoms with Crippen LogP contribution in [-0.2, 0) is 32.7 Å². The molecule has 0 aliphatic heterocycles. The van der Waals surface area contributed by atoms with Gasteiger partial charge in [-0.3, -0.25) is 14.2 Å². The Balaban J connectivity index is 3.97. The van der Waals surface area contributed by atoms with Gasteiger partial charge in [-0.15, -0.1) is 0 Å². The highest BCUT2D eigenvalue weighted by atomic mass is 31.2. The van der Waals surface area contributed by atoms with Gasteiger partial charge >= 0.3 is 11.9 Å². The van der Waals surface area contributed by atoms with E-state index in [1.807, 2.05) is 21.1 Å². The monoisotopic (exact) mass is 1220 g/mol. The Labute approximate surface area is 529 Å². The molecule has 0 fully saturated rings. The molecule has 0 spiro atoms. The van der Waals surface area contributed by atoms with E-state index in [1.165, 1.54) is 295 Å². The van der Waals surface area contributed by atoms with Crippen LogP contribution >= 0.6 is 7.82 Å². The van der Waals surface area contributed by atoms with Gasteiger partial charge in [0.25, 0.3) is 7.82 Å². The molecule has 0 aliphatic carbocycles. The van der Waals surface area contributed by atoms with E-state index in [0.717, 1.165) is 51.4 Å². The second-order valence-electron chi connectivity index (χ2n) is 26.7. The molecule has 10 heteroatoms. The maximum Gasteiger partial charge on any atom is 0.306 e. The van der Waals surface area contributed by atoms with Crippen molar-refractivity contribution >= 4 is 19.8 Å². The number of hydrogen-bond acceptors (Lipinski definition) is 8. The fourth-order valence-electron chi connectivity index (χ4n) is 11.2. The smallest absolute Gasteiger partial charge is 0.306 e. The summed E-state index contributed by atoms with van der Waals surface area (Å²) in [5.41, 5.74) is 0. The van der Waals surface area contributed by atoms with Crippen LogP contribution in [0.2, 0.25) is 0 Å². The number of carbonyl (C=O) groups excluding carboxylic acids is 2. The highest BCUT2D eigenvalue weighted by molar-refractivity contribution is 7.45. The predicted octanol–water partition coefficient (Wildman–Crippen LogP) is 23.6. The summed E-state index contributed by atoms with van der Waals surface area (Å²) in [6.07, 6.45) is 85.3. The van der Waals surface area contributed by atoms with Crippen molar-refractivity contribution < 1.29 is 42.1 Å². The molecule has 2 unspecified atom stereocenters. The van der Waals surface area contributed by atoms with Gasteiger partial charge in [0, 0.05) is 12.8 Å². The normalized spacial score (nSPS) is 13.2. The number of unbranched alkanes of at least 4 members (excludes halogenated alkanes) is 50. The van der Waals surface area contributed by atoms with Crippen molar-refractivity contribution in [1.82, 2.24) is 0 Å². The van der Waals surface area contributed by atoms with Gasteiger partial charge in [-0.1, -0.05) is 352 Å². The van der Waals surface area contributed by atoms with Crippen LogP contribution in [0.1, 0.15) is 380 Å². The van der Waals surface area contributed by atoms with E-state index in [9.17, 15) is 19.0 Å². The Hall–Kier alpha value is -1.77. The lowest BCUT2D eigenvalue weighted by atomic mass is 10.0. The van der Waals surface area contributed by atoms with Crippen LogP contribution in [0, 0.1) is 0 Å². The number of phosphoric ester groups is 1. The summed E-state index contributed by atoms with van der Waals surface area (Å²) in [7, 11) is 1.19. The molecule has 0 heterocycles. The van der Waals surface area contributed by atoms with Crippen molar-refractivity contribution in [3.63, 3.8) is 0 Å². The number of ether oxygens (including phenoxy) is 2. The first kappa shape index (κ1) is 83.2. The summed E-state index contributed by atoms with van der Waals surface area (Å²) in [4.78, 5) is 38.1. The molecule has 0 N–H and O–H groups in total.